The minimum absolute atomic E-state index is 0.150. The molecule has 1 heterocycles. The largest absolute Gasteiger partial charge is 0.478 e. The number of halogens is 3. The first kappa shape index (κ1) is 25.9. The quantitative estimate of drug-likeness (QED) is 0.286. The molecule has 0 unspecified atom stereocenters. The first-order valence-electron chi connectivity index (χ1n) is 12.7. The first-order chi connectivity index (χ1) is 18.2. The molecule has 4 nitrogen and oxygen atoms in total. The molecule has 4 aromatic carbocycles. The van der Waals surface area contributed by atoms with Crippen LogP contribution in [-0.4, -0.2) is 47.3 Å². The van der Waals surface area contributed by atoms with Crippen LogP contribution in [0.15, 0.2) is 78.9 Å². The van der Waals surface area contributed by atoms with Crippen molar-refractivity contribution in [2.24, 2.45) is 0 Å². The van der Waals surface area contributed by atoms with Gasteiger partial charge >= 0.3 is 12.1 Å². The molecule has 0 aromatic heterocycles. The van der Waals surface area contributed by atoms with Gasteiger partial charge in [-0.1, -0.05) is 48.5 Å². The molecule has 1 fully saturated rings. The Balaban J connectivity index is 1.47. The second-order valence-corrected chi connectivity index (χ2v) is 9.80. The summed E-state index contributed by atoms with van der Waals surface area (Å²) in [5, 5.41) is 20.5. The standard InChI is InChI=1S/C31H28F3NO3/c32-31(33,34)27-8-5-21(6-9-27)24-7-10-28-25(17-24)18-26(30(37)38)19-29(28)23-3-1-20(2-4-23)22-11-13-35(14-12-22)15-16-36/h1-10,17-19,22,36H,11-16H2,(H,37,38). The zero-order chi connectivity index (χ0) is 26.9. The smallest absolute Gasteiger partial charge is 0.416 e. The highest BCUT2D eigenvalue weighted by atomic mass is 19.4. The summed E-state index contributed by atoms with van der Waals surface area (Å²) in [6.45, 7) is 2.80. The maximum Gasteiger partial charge on any atom is 0.416 e. The maximum atomic E-state index is 13.0. The van der Waals surface area contributed by atoms with Crippen LogP contribution < -0.4 is 0 Å². The van der Waals surface area contributed by atoms with E-state index < -0.39 is 17.7 Å². The Morgan fingerprint density at radius 2 is 1.47 bits per heavy atom. The van der Waals surface area contributed by atoms with Crippen LogP contribution >= 0.6 is 0 Å². The molecule has 0 radical (unpaired) electrons. The van der Waals surface area contributed by atoms with Gasteiger partial charge in [0.1, 0.15) is 0 Å². The number of hydrogen-bond acceptors (Lipinski definition) is 3. The number of rotatable bonds is 6. The summed E-state index contributed by atoms with van der Waals surface area (Å²) in [6, 6.07) is 22.1. The summed E-state index contributed by atoms with van der Waals surface area (Å²) in [5.41, 5.74) is 3.72. The van der Waals surface area contributed by atoms with E-state index in [0.29, 0.717) is 29.0 Å². The lowest BCUT2D eigenvalue weighted by Crippen LogP contribution is -2.34. The average molecular weight is 520 g/mol. The normalized spacial score (nSPS) is 15.2. The van der Waals surface area contributed by atoms with Crippen LogP contribution in [0.5, 0.6) is 0 Å². The van der Waals surface area contributed by atoms with Crippen LogP contribution in [0.25, 0.3) is 33.0 Å². The van der Waals surface area contributed by atoms with Crippen molar-refractivity contribution in [1.82, 2.24) is 4.90 Å². The van der Waals surface area contributed by atoms with Gasteiger partial charge < -0.3 is 15.1 Å². The summed E-state index contributed by atoms with van der Waals surface area (Å²) in [5.74, 6) is -0.591. The lowest BCUT2D eigenvalue weighted by molar-refractivity contribution is -0.137. The number of fused-ring (bicyclic) bond motifs is 1. The number of piperidine rings is 1. The van der Waals surface area contributed by atoms with Crippen LogP contribution in [0.1, 0.15) is 40.2 Å². The zero-order valence-electron chi connectivity index (χ0n) is 20.7. The van der Waals surface area contributed by atoms with Crippen molar-refractivity contribution < 1.29 is 28.2 Å². The Hall–Kier alpha value is -3.68. The van der Waals surface area contributed by atoms with E-state index in [1.807, 2.05) is 30.3 Å². The number of β-amino-alcohol motifs (C(OH)–C–C–N with tert-alkyl or cyclic N) is 1. The maximum absolute atomic E-state index is 13.0. The molecule has 0 spiro atoms. The number of aliphatic hydroxyl groups is 1. The molecule has 1 saturated heterocycles. The van der Waals surface area contributed by atoms with Gasteiger partial charge in [-0.15, -0.1) is 0 Å². The Bertz CT molecular complexity index is 1440. The van der Waals surface area contributed by atoms with E-state index in [2.05, 4.69) is 17.0 Å². The molecule has 0 saturated carbocycles. The van der Waals surface area contributed by atoms with Gasteiger partial charge in [0.25, 0.3) is 0 Å². The molecule has 2 N–H and O–H groups in total. The molecule has 1 aliphatic rings. The third-order valence-corrected chi connectivity index (χ3v) is 7.44. The van der Waals surface area contributed by atoms with Gasteiger partial charge in [0.05, 0.1) is 17.7 Å². The molecule has 4 aromatic rings. The van der Waals surface area contributed by atoms with Gasteiger partial charge in [0.2, 0.25) is 0 Å². The monoisotopic (exact) mass is 519 g/mol. The van der Waals surface area contributed by atoms with Crippen molar-refractivity contribution >= 4 is 16.7 Å². The fraction of sp³-hybridized carbons (Fsp3) is 0.258. The number of hydrogen-bond donors (Lipinski definition) is 2. The molecule has 38 heavy (non-hydrogen) atoms. The molecule has 0 atom stereocenters. The number of carboxylic acids is 1. The Morgan fingerprint density at radius 1 is 0.842 bits per heavy atom. The van der Waals surface area contributed by atoms with Crippen molar-refractivity contribution in [3.05, 3.63) is 95.6 Å². The van der Waals surface area contributed by atoms with Crippen molar-refractivity contribution in [2.45, 2.75) is 24.9 Å². The second kappa shape index (κ2) is 10.6. The van der Waals surface area contributed by atoms with Crippen molar-refractivity contribution in [3.63, 3.8) is 0 Å². The van der Waals surface area contributed by atoms with E-state index >= 15 is 0 Å². The van der Waals surface area contributed by atoms with E-state index in [1.54, 1.807) is 12.1 Å². The average Bonchev–Trinajstić information content (AvgIpc) is 2.92. The van der Waals surface area contributed by atoms with Gasteiger partial charge in [0, 0.05) is 6.54 Å². The predicted molar refractivity (Wildman–Crippen MR) is 142 cm³/mol. The summed E-state index contributed by atoms with van der Waals surface area (Å²) < 4.78 is 38.9. The number of carbonyl (C=O) groups is 1. The highest BCUT2D eigenvalue weighted by molar-refractivity contribution is 6.04. The lowest BCUT2D eigenvalue weighted by Gasteiger charge is -2.31. The van der Waals surface area contributed by atoms with Crippen LogP contribution in [0, 0.1) is 0 Å². The van der Waals surface area contributed by atoms with Crippen molar-refractivity contribution in [3.8, 4) is 22.3 Å². The molecule has 196 valence electrons. The van der Waals surface area contributed by atoms with Gasteiger partial charge in [-0.25, -0.2) is 4.79 Å². The number of nitrogens with zero attached hydrogens (tertiary/aromatic N) is 1. The number of aliphatic hydroxyl groups excluding tert-OH is 1. The van der Waals surface area contributed by atoms with Gasteiger partial charge in [-0.2, -0.15) is 13.2 Å². The lowest BCUT2D eigenvalue weighted by atomic mass is 9.87. The predicted octanol–water partition coefficient (Wildman–Crippen LogP) is 7.06. The van der Waals surface area contributed by atoms with E-state index in [4.69, 9.17) is 5.11 Å². The summed E-state index contributed by atoms with van der Waals surface area (Å²) in [4.78, 5) is 14.2. The van der Waals surface area contributed by atoms with Crippen LogP contribution in [0.3, 0.4) is 0 Å². The summed E-state index contributed by atoms with van der Waals surface area (Å²) >= 11 is 0. The first-order valence-corrected chi connectivity index (χ1v) is 12.7. The third-order valence-electron chi connectivity index (χ3n) is 7.44. The van der Waals surface area contributed by atoms with Crippen molar-refractivity contribution in [2.75, 3.05) is 26.2 Å². The summed E-state index contributed by atoms with van der Waals surface area (Å²) in [6.07, 6.45) is -2.34. The molecule has 5 rings (SSSR count). The van der Waals surface area contributed by atoms with E-state index in [0.717, 1.165) is 54.6 Å². The van der Waals surface area contributed by atoms with Gasteiger partial charge in [0.15, 0.2) is 0 Å². The SMILES string of the molecule is O=C(O)c1cc(-c2ccc(C3CCN(CCO)CC3)cc2)c2ccc(-c3ccc(C(F)(F)F)cc3)cc2c1. The van der Waals surface area contributed by atoms with E-state index in [9.17, 15) is 23.1 Å². The molecular weight excluding hydrogens is 491 g/mol. The molecular formula is C31H28F3NO3. The minimum atomic E-state index is -4.40. The Labute approximate surface area is 219 Å². The number of alkyl halides is 3. The number of carboxylic acid groups (broad SMARTS) is 1. The molecule has 1 aliphatic heterocycles. The topological polar surface area (TPSA) is 60.8 Å². The Morgan fingerprint density at radius 3 is 2.08 bits per heavy atom. The minimum Gasteiger partial charge on any atom is -0.478 e. The summed E-state index contributed by atoms with van der Waals surface area (Å²) in [7, 11) is 0. The highest BCUT2D eigenvalue weighted by Crippen LogP contribution is 2.36. The fourth-order valence-corrected chi connectivity index (χ4v) is 5.33. The number of aromatic carboxylic acids is 1. The number of benzene rings is 4. The Kier molecular flexibility index (Phi) is 7.23. The number of likely N-dealkylation sites (tertiary alicyclic amines) is 1. The van der Waals surface area contributed by atoms with Crippen LogP contribution in [-0.2, 0) is 6.18 Å². The van der Waals surface area contributed by atoms with Gasteiger partial charge in [-0.3, -0.25) is 0 Å². The third kappa shape index (κ3) is 5.44. The van der Waals surface area contributed by atoms with Crippen molar-refractivity contribution in [1.29, 1.82) is 0 Å². The van der Waals surface area contributed by atoms with Gasteiger partial charge in [-0.05, 0) is 101 Å². The molecule has 0 amide bonds. The molecule has 7 heteroatoms. The zero-order valence-corrected chi connectivity index (χ0v) is 20.7. The van der Waals surface area contributed by atoms with E-state index in [1.165, 1.54) is 17.7 Å². The molecule has 0 aliphatic carbocycles. The highest BCUT2D eigenvalue weighted by Gasteiger charge is 2.30. The van der Waals surface area contributed by atoms with Crippen LogP contribution in [0.4, 0.5) is 13.2 Å². The van der Waals surface area contributed by atoms with E-state index in [-0.39, 0.29) is 12.2 Å². The second-order valence-electron chi connectivity index (χ2n) is 9.80. The fourth-order valence-electron chi connectivity index (χ4n) is 5.33. The molecule has 0 bridgehead atoms. The van der Waals surface area contributed by atoms with Crippen LogP contribution in [0.2, 0.25) is 0 Å².